The second-order valence-corrected chi connectivity index (χ2v) is 6.25. The van der Waals surface area contributed by atoms with Crippen LogP contribution in [0.3, 0.4) is 0 Å². The summed E-state index contributed by atoms with van der Waals surface area (Å²) in [6, 6.07) is 0. The molecule has 0 aliphatic heterocycles. The summed E-state index contributed by atoms with van der Waals surface area (Å²) in [6.45, 7) is 5.50. The van der Waals surface area contributed by atoms with Crippen molar-refractivity contribution in [1.29, 1.82) is 0 Å². The quantitative estimate of drug-likeness (QED) is 0.705. The topological polar surface area (TPSA) is 102 Å². The minimum atomic E-state index is -3.64. The van der Waals surface area contributed by atoms with Crippen molar-refractivity contribution in [2.45, 2.75) is 32.9 Å². The Balaban J connectivity index is 2.90. The van der Waals surface area contributed by atoms with Gasteiger partial charge in [0, 0.05) is 30.9 Å². The minimum Gasteiger partial charge on any atom is -0.326 e. The van der Waals surface area contributed by atoms with Gasteiger partial charge in [-0.25, -0.2) is 0 Å². The summed E-state index contributed by atoms with van der Waals surface area (Å²) in [4.78, 5) is 0. The lowest BCUT2D eigenvalue weighted by Crippen LogP contribution is -2.43. The molecular formula is C9H19N5O2S. The molecule has 0 unspecified atom stereocenters. The van der Waals surface area contributed by atoms with Gasteiger partial charge < -0.3 is 5.73 Å². The van der Waals surface area contributed by atoms with E-state index in [1.54, 1.807) is 34.0 Å². The van der Waals surface area contributed by atoms with E-state index in [2.05, 4.69) is 14.5 Å². The summed E-state index contributed by atoms with van der Waals surface area (Å²) in [7, 11) is -1.94. The first-order valence-electron chi connectivity index (χ1n) is 5.17. The summed E-state index contributed by atoms with van der Waals surface area (Å²) in [5.74, 6) is 0.256. The number of rotatable bonds is 4. The summed E-state index contributed by atoms with van der Waals surface area (Å²) in [5.41, 5.74) is 5.59. The predicted molar refractivity (Wildman–Crippen MR) is 66.5 cm³/mol. The van der Waals surface area contributed by atoms with Gasteiger partial charge in [0.05, 0.1) is 0 Å². The van der Waals surface area contributed by atoms with E-state index in [0.29, 0.717) is 5.56 Å². The van der Waals surface area contributed by atoms with Crippen molar-refractivity contribution < 1.29 is 8.42 Å². The molecule has 0 aliphatic rings. The zero-order valence-electron chi connectivity index (χ0n) is 10.5. The molecule has 4 N–H and O–H groups in total. The van der Waals surface area contributed by atoms with E-state index < -0.39 is 15.7 Å². The normalized spacial score (nSPS) is 12.8. The highest BCUT2D eigenvalue weighted by Gasteiger charge is 2.21. The molecule has 98 valence electrons. The predicted octanol–water partition coefficient (Wildman–Crippen LogP) is -0.0764. The highest BCUT2D eigenvalue weighted by Crippen LogP contribution is 2.13. The van der Waals surface area contributed by atoms with E-state index in [1.165, 1.54) is 4.68 Å². The van der Waals surface area contributed by atoms with Gasteiger partial charge in [0.2, 0.25) is 0 Å². The molecule has 0 fully saturated rings. The summed E-state index contributed by atoms with van der Waals surface area (Å²) < 4.78 is 29.9. The summed E-state index contributed by atoms with van der Waals surface area (Å²) in [6.07, 6.45) is 1.68. The van der Waals surface area contributed by atoms with Gasteiger partial charge in [-0.2, -0.15) is 18.2 Å². The van der Waals surface area contributed by atoms with Gasteiger partial charge in [0.15, 0.2) is 5.82 Å². The van der Waals surface area contributed by atoms with Gasteiger partial charge in [-0.1, -0.05) is 0 Å². The highest BCUT2D eigenvalue weighted by atomic mass is 32.2. The fourth-order valence-corrected chi connectivity index (χ4v) is 2.61. The number of nitrogens with two attached hydrogens (primary N) is 1. The standard InChI is InChI=1S/C9H19N5O2S/c1-9(2,3)13-17(15,16)12-8-7(5-10)6-14(4)11-8/h6,13H,5,10H2,1-4H3,(H,11,12). The lowest BCUT2D eigenvalue weighted by atomic mass is 10.1. The Labute approximate surface area is 102 Å². The lowest BCUT2D eigenvalue weighted by molar-refractivity contribution is 0.494. The number of hydrogen-bond donors (Lipinski definition) is 3. The van der Waals surface area contributed by atoms with Crippen LogP contribution >= 0.6 is 0 Å². The molecule has 0 saturated heterocycles. The average Bonchev–Trinajstić information content (AvgIpc) is 2.40. The molecule has 0 aromatic carbocycles. The van der Waals surface area contributed by atoms with Crippen LogP contribution in [0.5, 0.6) is 0 Å². The average molecular weight is 261 g/mol. The molecule has 0 atom stereocenters. The van der Waals surface area contributed by atoms with Crippen molar-refractivity contribution in [2.24, 2.45) is 12.8 Å². The monoisotopic (exact) mass is 261 g/mol. The smallest absolute Gasteiger partial charge is 0.300 e. The molecule has 17 heavy (non-hydrogen) atoms. The fourth-order valence-electron chi connectivity index (χ4n) is 1.33. The van der Waals surface area contributed by atoms with Crippen LogP contribution in [0.2, 0.25) is 0 Å². The van der Waals surface area contributed by atoms with Crippen LogP contribution in [-0.2, 0) is 23.8 Å². The number of hydrogen-bond acceptors (Lipinski definition) is 4. The van der Waals surface area contributed by atoms with E-state index >= 15 is 0 Å². The summed E-state index contributed by atoms with van der Waals surface area (Å²) >= 11 is 0. The second-order valence-electron chi connectivity index (χ2n) is 4.84. The number of nitrogens with one attached hydrogen (secondary N) is 2. The third kappa shape index (κ3) is 4.33. The molecule has 0 saturated carbocycles. The Morgan fingerprint density at radius 1 is 1.47 bits per heavy atom. The maximum absolute atomic E-state index is 11.8. The lowest BCUT2D eigenvalue weighted by Gasteiger charge is -2.20. The van der Waals surface area contributed by atoms with Crippen LogP contribution in [0.25, 0.3) is 0 Å². The Hall–Kier alpha value is -1.12. The maximum Gasteiger partial charge on any atom is 0.300 e. The van der Waals surface area contributed by atoms with Crippen LogP contribution < -0.4 is 15.2 Å². The molecule has 0 amide bonds. The zero-order valence-corrected chi connectivity index (χ0v) is 11.3. The van der Waals surface area contributed by atoms with E-state index in [4.69, 9.17) is 5.73 Å². The molecule has 1 heterocycles. The molecule has 1 aromatic rings. The molecule has 8 heteroatoms. The first-order valence-corrected chi connectivity index (χ1v) is 6.65. The molecule has 1 aromatic heterocycles. The fraction of sp³-hybridized carbons (Fsp3) is 0.667. The third-order valence-electron chi connectivity index (χ3n) is 1.80. The molecule has 7 nitrogen and oxygen atoms in total. The van der Waals surface area contributed by atoms with Crippen LogP contribution in [0.1, 0.15) is 26.3 Å². The number of aryl methyl sites for hydroxylation is 1. The van der Waals surface area contributed by atoms with Crippen molar-refractivity contribution in [2.75, 3.05) is 4.72 Å². The first kappa shape index (κ1) is 13.9. The Morgan fingerprint density at radius 3 is 2.53 bits per heavy atom. The van der Waals surface area contributed by atoms with Crippen molar-refractivity contribution in [3.63, 3.8) is 0 Å². The Kier molecular flexibility index (Phi) is 3.80. The van der Waals surface area contributed by atoms with Crippen molar-refractivity contribution in [1.82, 2.24) is 14.5 Å². The first-order chi connectivity index (χ1) is 7.63. The van der Waals surface area contributed by atoms with Gasteiger partial charge in [-0.05, 0) is 20.8 Å². The molecule has 0 aliphatic carbocycles. The molecule has 0 spiro atoms. The number of nitrogens with zero attached hydrogens (tertiary/aromatic N) is 2. The van der Waals surface area contributed by atoms with Crippen molar-refractivity contribution in [3.05, 3.63) is 11.8 Å². The number of anilines is 1. The van der Waals surface area contributed by atoms with Crippen LogP contribution in [0, 0.1) is 0 Å². The van der Waals surface area contributed by atoms with Gasteiger partial charge in [0.1, 0.15) is 0 Å². The molecule has 0 radical (unpaired) electrons. The second kappa shape index (κ2) is 4.63. The van der Waals surface area contributed by atoms with Gasteiger partial charge >= 0.3 is 10.2 Å². The van der Waals surface area contributed by atoms with E-state index in [-0.39, 0.29) is 12.4 Å². The van der Waals surface area contributed by atoms with Crippen LogP contribution in [0.15, 0.2) is 6.20 Å². The van der Waals surface area contributed by atoms with E-state index in [1.807, 2.05) is 0 Å². The summed E-state index contributed by atoms with van der Waals surface area (Å²) in [5, 5.41) is 4.00. The zero-order chi connectivity index (χ0) is 13.3. The molecule has 1 rings (SSSR count). The van der Waals surface area contributed by atoms with E-state index in [9.17, 15) is 8.42 Å². The molecular weight excluding hydrogens is 242 g/mol. The highest BCUT2D eigenvalue weighted by molar-refractivity contribution is 7.90. The van der Waals surface area contributed by atoms with Crippen LogP contribution in [-0.4, -0.2) is 23.7 Å². The van der Waals surface area contributed by atoms with Crippen molar-refractivity contribution in [3.8, 4) is 0 Å². The largest absolute Gasteiger partial charge is 0.326 e. The van der Waals surface area contributed by atoms with Gasteiger partial charge in [0.25, 0.3) is 0 Å². The molecule has 0 bridgehead atoms. The van der Waals surface area contributed by atoms with Crippen LogP contribution in [0.4, 0.5) is 5.82 Å². The van der Waals surface area contributed by atoms with Crippen molar-refractivity contribution >= 4 is 16.0 Å². The van der Waals surface area contributed by atoms with Gasteiger partial charge in [-0.15, -0.1) is 0 Å². The Morgan fingerprint density at radius 2 is 2.06 bits per heavy atom. The SMILES string of the molecule is Cn1cc(CN)c(NS(=O)(=O)NC(C)(C)C)n1. The number of aromatic nitrogens is 2. The van der Waals surface area contributed by atoms with Gasteiger partial charge in [-0.3, -0.25) is 9.40 Å². The maximum atomic E-state index is 11.8. The van der Waals surface area contributed by atoms with E-state index in [0.717, 1.165) is 0 Å². The Bertz CT molecular complexity index is 486. The minimum absolute atomic E-state index is 0.223. The third-order valence-corrected chi connectivity index (χ3v) is 3.14.